The Hall–Kier alpha value is -1.03. The average molecular weight is 196 g/mol. The van der Waals surface area contributed by atoms with Crippen molar-refractivity contribution in [3.63, 3.8) is 0 Å². The number of hydrogen-bond donors (Lipinski definition) is 1. The number of rotatable bonds is 1. The van der Waals surface area contributed by atoms with Gasteiger partial charge in [0.25, 0.3) is 0 Å². The summed E-state index contributed by atoms with van der Waals surface area (Å²) >= 11 is 0. The molecule has 0 aromatic rings. The molecule has 0 spiro atoms. The van der Waals surface area contributed by atoms with Crippen LogP contribution in [-0.4, -0.2) is 42.1 Å². The van der Waals surface area contributed by atoms with Gasteiger partial charge in [0.2, 0.25) is 0 Å². The van der Waals surface area contributed by atoms with Gasteiger partial charge in [-0.05, 0) is 19.3 Å². The van der Waals surface area contributed by atoms with Crippen LogP contribution in [0.3, 0.4) is 0 Å². The van der Waals surface area contributed by atoms with Crippen molar-refractivity contribution in [3.8, 4) is 0 Å². The van der Waals surface area contributed by atoms with Crippen molar-refractivity contribution >= 4 is 5.71 Å². The van der Waals surface area contributed by atoms with E-state index in [0.29, 0.717) is 0 Å². The van der Waals surface area contributed by atoms with Gasteiger partial charge in [0.1, 0.15) is 5.71 Å². The van der Waals surface area contributed by atoms with E-state index in [1.165, 1.54) is 0 Å². The summed E-state index contributed by atoms with van der Waals surface area (Å²) < 4.78 is 5.29. The Morgan fingerprint density at radius 2 is 2.14 bits per heavy atom. The van der Waals surface area contributed by atoms with E-state index in [-0.39, 0.29) is 0 Å². The van der Waals surface area contributed by atoms with Crippen LogP contribution in [0.4, 0.5) is 0 Å². The van der Waals surface area contributed by atoms with E-state index >= 15 is 0 Å². The molecule has 4 heteroatoms. The first kappa shape index (κ1) is 9.52. The maximum absolute atomic E-state index is 8.88. The highest BCUT2D eigenvalue weighted by atomic mass is 16.5. The molecule has 0 saturated carbocycles. The molecule has 1 fully saturated rings. The van der Waals surface area contributed by atoms with E-state index in [0.717, 1.165) is 57.0 Å². The van der Waals surface area contributed by atoms with E-state index < -0.39 is 0 Å². The van der Waals surface area contributed by atoms with Gasteiger partial charge in [-0.1, -0.05) is 11.2 Å². The molecule has 0 unspecified atom stereocenters. The summed E-state index contributed by atoms with van der Waals surface area (Å²) in [4.78, 5) is 2.25. The van der Waals surface area contributed by atoms with Crippen LogP contribution in [0.25, 0.3) is 0 Å². The van der Waals surface area contributed by atoms with Gasteiger partial charge in [-0.3, -0.25) is 0 Å². The van der Waals surface area contributed by atoms with Crippen molar-refractivity contribution in [2.24, 2.45) is 5.16 Å². The van der Waals surface area contributed by atoms with Crippen molar-refractivity contribution < 1.29 is 9.94 Å². The minimum absolute atomic E-state index is 0.774. The van der Waals surface area contributed by atoms with Crippen molar-refractivity contribution in [1.29, 1.82) is 0 Å². The quantitative estimate of drug-likeness (QED) is 0.506. The third-order valence-corrected chi connectivity index (χ3v) is 2.72. The Labute approximate surface area is 83.8 Å². The van der Waals surface area contributed by atoms with Gasteiger partial charge < -0.3 is 14.8 Å². The Morgan fingerprint density at radius 1 is 1.36 bits per heavy atom. The third-order valence-electron chi connectivity index (χ3n) is 2.72. The molecule has 4 nitrogen and oxygen atoms in total. The molecule has 2 aliphatic rings. The second kappa shape index (κ2) is 4.46. The van der Waals surface area contributed by atoms with Crippen molar-refractivity contribution in [2.45, 2.75) is 19.3 Å². The Morgan fingerprint density at radius 3 is 2.86 bits per heavy atom. The van der Waals surface area contributed by atoms with Gasteiger partial charge in [-0.2, -0.15) is 0 Å². The van der Waals surface area contributed by atoms with Gasteiger partial charge in [-0.25, -0.2) is 0 Å². The summed E-state index contributed by atoms with van der Waals surface area (Å²) in [5.41, 5.74) is 1.94. The first-order valence-electron chi connectivity index (χ1n) is 5.16. The van der Waals surface area contributed by atoms with Crippen molar-refractivity contribution in [3.05, 3.63) is 11.8 Å². The van der Waals surface area contributed by atoms with Crippen LogP contribution in [0.5, 0.6) is 0 Å². The van der Waals surface area contributed by atoms with Gasteiger partial charge >= 0.3 is 0 Å². The van der Waals surface area contributed by atoms with Crippen LogP contribution in [0, 0.1) is 0 Å². The molecular weight excluding hydrogens is 180 g/mol. The van der Waals surface area contributed by atoms with Gasteiger partial charge in [-0.15, -0.1) is 0 Å². The van der Waals surface area contributed by atoms with E-state index in [2.05, 4.69) is 16.1 Å². The zero-order valence-corrected chi connectivity index (χ0v) is 8.28. The number of morpholine rings is 1. The predicted octanol–water partition coefficient (Wildman–Crippen LogP) is 1.22. The van der Waals surface area contributed by atoms with Crippen LogP contribution in [0.15, 0.2) is 16.9 Å². The Balaban J connectivity index is 2.09. The third kappa shape index (κ3) is 1.90. The number of allylic oxidation sites excluding steroid dienone is 2. The lowest BCUT2D eigenvalue weighted by Gasteiger charge is -2.32. The highest BCUT2D eigenvalue weighted by molar-refractivity contribution is 5.99. The highest BCUT2D eigenvalue weighted by Gasteiger charge is 2.20. The summed E-state index contributed by atoms with van der Waals surface area (Å²) in [5.74, 6) is 0. The second-order valence-electron chi connectivity index (χ2n) is 3.63. The maximum Gasteiger partial charge on any atom is 0.102 e. The smallest absolute Gasteiger partial charge is 0.102 e. The van der Waals surface area contributed by atoms with Crippen LogP contribution in [0.1, 0.15) is 19.3 Å². The minimum Gasteiger partial charge on any atom is -0.411 e. The molecule has 1 saturated heterocycles. The van der Waals surface area contributed by atoms with E-state index in [4.69, 9.17) is 9.94 Å². The summed E-state index contributed by atoms with van der Waals surface area (Å²) in [5, 5.41) is 12.3. The molecular formula is C10H16N2O2. The average Bonchev–Trinajstić information content (AvgIpc) is 2.30. The lowest BCUT2D eigenvalue weighted by atomic mass is 10.0. The van der Waals surface area contributed by atoms with E-state index in [1.807, 2.05) is 0 Å². The van der Waals surface area contributed by atoms with Gasteiger partial charge in [0.05, 0.1) is 18.9 Å². The normalized spacial score (nSPS) is 26.4. The molecule has 78 valence electrons. The van der Waals surface area contributed by atoms with Crippen molar-refractivity contribution in [2.75, 3.05) is 26.3 Å². The number of hydrogen-bond acceptors (Lipinski definition) is 4. The zero-order chi connectivity index (χ0) is 9.80. The Kier molecular flexibility index (Phi) is 3.03. The fraction of sp³-hybridized carbons (Fsp3) is 0.700. The molecule has 0 aromatic heterocycles. The molecule has 0 aromatic carbocycles. The monoisotopic (exact) mass is 196 g/mol. The van der Waals surface area contributed by atoms with Crippen LogP contribution in [-0.2, 0) is 4.74 Å². The molecule has 0 amide bonds. The predicted molar refractivity (Wildman–Crippen MR) is 53.5 cm³/mol. The highest BCUT2D eigenvalue weighted by Crippen LogP contribution is 2.19. The van der Waals surface area contributed by atoms with Crippen LogP contribution in [0.2, 0.25) is 0 Å². The topological polar surface area (TPSA) is 45.1 Å². The zero-order valence-electron chi connectivity index (χ0n) is 8.28. The molecule has 1 heterocycles. The summed E-state index contributed by atoms with van der Waals surface area (Å²) in [7, 11) is 0. The second-order valence-corrected chi connectivity index (χ2v) is 3.63. The number of ether oxygens (including phenoxy) is 1. The largest absolute Gasteiger partial charge is 0.411 e. The number of nitrogens with zero attached hydrogens (tertiary/aromatic N) is 2. The van der Waals surface area contributed by atoms with Gasteiger partial charge in [0, 0.05) is 13.1 Å². The first-order valence-corrected chi connectivity index (χ1v) is 5.16. The summed E-state index contributed by atoms with van der Waals surface area (Å²) in [6, 6.07) is 0. The lowest BCUT2D eigenvalue weighted by Crippen LogP contribution is -2.38. The van der Waals surface area contributed by atoms with Crippen molar-refractivity contribution in [1.82, 2.24) is 4.90 Å². The molecule has 2 rings (SSSR count). The molecule has 0 atom stereocenters. The SMILES string of the molecule is ON=C1CCCC=C1N1CCOCC1. The fourth-order valence-electron chi connectivity index (χ4n) is 1.97. The molecule has 1 aliphatic heterocycles. The van der Waals surface area contributed by atoms with Gasteiger partial charge in [0.15, 0.2) is 0 Å². The molecule has 1 N–H and O–H groups in total. The lowest BCUT2D eigenvalue weighted by molar-refractivity contribution is 0.0558. The standard InChI is InChI=1S/C10H16N2O2/c13-11-9-3-1-2-4-10(9)12-5-7-14-8-6-12/h4,13H,1-3,5-8H2. The molecule has 1 aliphatic carbocycles. The van der Waals surface area contributed by atoms with E-state index in [9.17, 15) is 0 Å². The Bertz CT molecular complexity index is 255. The first-order chi connectivity index (χ1) is 6.92. The summed E-state index contributed by atoms with van der Waals surface area (Å²) in [6.45, 7) is 3.36. The maximum atomic E-state index is 8.88. The fourth-order valence-corrected chi connectivity index (χ4v) is 1.97. The van der Waals surface area contributed by atoms with Crippen LogP contribution < -0.4 is 0 Å². The van der Waals surface area contributed by atoms with E-state index in [1.54, 1.807) is 0 Å². The molecule has 0 bridgehead atoms. The summed E-state index contributed by atoms with van der Waals surface area (Å²) in [6.07, 6.45) is 5.24. The number of oxime groups is 1. The molecule has 0 radical (unpaired) electrons. The minimum atomic E-state index is 0.774. The molecule has 14 heavy (non-hydrogen) atoms. The van der Waals surface area contributed by atoms with Crippen LogP contribution >= 0.6 is 0 Å².